The maximum absolute atomic E-state index is 8.52. The molecule has 0 amide bonds. The molecule has 0 saturated carbocycles. The second-order valence-electron chi connectivity index (χ2n) is 2.45. The smallest absolute Gasteiger partial charge is 0.759 e. The average molecular weight is 794 g/mol. The molecule has 209 valence electrons. The largest absolute Gasteiger partial charge is 3.00 e. The Morgan fingerprint density at radius 3 is 0.314 bits per heavy atom. The van der Waals surface area contributed by atoms with E-state index in [2.05, 4.69) is 0 Å². The predicted octanol–water partition coefficient (Wildman–Crippen LogP) is -8.80. The normalized spacial score (nSPS) is 9.94. The Bertz CT molecular complexity index is 786. The van der Waals surface area contributed by atoms with E-state index in [1.54, 1.807) is 0 Å². The summed E-state index contributed by atoms with van der Waals surface area (Å²) in [6.07, 6.45) is 0. The number of hydrogen-bond donors (Lipinski definition) is 0. The standard InChI is InChI=1S/Al.Cr.Fe.Mg.Ni.6H2O4S/c;;;;;6*1-5(2,3)4/h;;;;;6*(H2,1,2,3,4)/q2*+3;3*+2;;;;;;/p-12. The summed E-state index contributed by atoms with van der Waals surface area (Å²) in [5.74, 6) is 0. The predicted molar refractivity (Wildman–Crippen MR) is 74.4 cm³/mol. The molecule has 0 aliphatic heterocycles. The minimum absolute atomic E-state index is 0. The van der Waals surface area contributed by atoms with Gasteiger partial charge in [0.1, 0.15) is 0 Å². The van der Waals surface area contributed by atoms with Gasteiger partial charge in [0.05, 0.1) is 0 Å². The van der Waals surface area contributed by atoms with Gasteiger partial charge >= 0.3 is 91.3 Å². The van der Waals surface area contributed by atoms with E-state index in [0.29, 0.717) is 0 Å². The Morgan fingerprint density at radius 1 is 0.314 bits per heavy atom. The Hall–Kier alpha value is 2.06. The summed E-state index contributed by atoms with van der Waals surface area (Å²) in [6, 6.07) is 0. The summed E-state index contributed by atoms with van der Waals surface area (Å²) >= 11 is 0. The summed E-state index contributed by atoms with van der Waals surface area (Å²) in [5, 5.41) is 0. The summed E-state index contributed by atoms with van der Waals surface area (Å²) < 4.78 is 205. The van der Waals surface area contributed by atoms with Crippen molar-refractivity contribution < 1.29 is 156 Å². The molecule has 0 atom stereocenters. The van der Waals surface area contributed by atoms with Gasteiger partial charge in [-0.15, -0.1) is 0 Å². The second-order valence-corrected chi connectivity index (χ2v) is 7.35. The second kappa shape index (κ2) is 30.6. The molecule has 0 rings (SSSR count). The third kappa shape index (κ3) is 9820. The van der Waals surface area contributed by atoms with Crippen LogP contribution in [0.15, 0.2) is 0 Å². The van der Waals surface area contributed by atoms with Crippen molar-refractivity contribution in [1.82, 2.24) is 0 Å². The Kier molecular flexibility index (Phi) is 62.0. The van der Waals surface area contributed by atoms with Gasteiger partial charge in [0.25, 0.3) is 0 Å². The van der Waals surface area contributed by atoms with E-state index in [-0.39, 0.29) is 91.3 Å². The van der Waals surface area contributed by atoms with Crippen molar-refractivity contribution >= 4 is 103 Å². The van der Waals surface area contributed by atoms with Crippen LogP contribution >= 0.6 is 0 Å². The zero-order valence-electron chi connectivity index (χ0n) is 14.6. The van der Waals surface area contributed by atoms with Crippen LogP contribution in [0.25, 0.3) is 0 Å². The summed E-state index contributed by atoms with van der Waals surface area (Å²) in [4.78, 5) is 0. The zero-order valence-corrected chi connectivity index (χ0v) is 25.4. The fraction of sp³-hybridized carbons (Fsp3) is 0. The molecular formula is AlCrFeMgNiO24S6. The van der Waals surface area contributed by atoms with Crippen molar-refractivity contribution in [1.29, 1.82) is 0 Å². The molecule has 0 aliphatic rings. The van der Waals surface area contributed by atoms with E-state index in [1.165, 1.54) is 0 Å². The Morgan fingerprint density at radius 2 is 0.314 bits per heavy atom. The van der Waals surface area contributed by atoms with Gasteiger partial charge in [0, 0.05) is 62.4 Å². The van der Waals surface area contributed by atoms with Crippen LogP contribution < -0.4 is 0 Å². The maximum atomic E-state index is 8.52. The first-order chi connectivity index (χ1) is 12.0. The Balaban J connectivity index is -0.0000000213. The van der Waals surface area contributed by atoms with Crippen LogP contribution in [0, 0.1) is 0 Å². The first kappa shape index (κ1) is 71.0. The first-order valence-corrected chi connectivity index (χ1v) is 12.0. The molecule has 0 heterocycles. The summed E-state index contributed by atoms with van der Waals surface area (Å²) in [5.41, 5.74) is 0. The quantitative estimate of drug-likeness (QED) is 0.125. The van der Waals surface area contributed by atoms with Gasteiger partial charge in [-0.25, -0.2) is 0 Å². The fourth-order valence-corrected chi connectivity index (χ4v) is 0. The fourth-order valence-electron chi connectivity index (χ4n) is 0. The van der Waals surface area contributed by atoms with Crippen molar-refractivity contribution in [3.05, 3.63) is 0 Å². The van der Waals surface area contributed by atoms with Crippen LogP contribution in [0.1, 0.15) is 0 Å². The van der Waals surface area contributed by atoms with Gasteiger partial charge in [-0.05, 0) is 0 Å². The molecule has 1 radical (unpaired) electrons. The van der Waals surface area contributed by atoms with Gasteiger partial charge in [0.15, 0.2) is 0 Å². The van der Waals surface area contributed by atoms with E-state index in [1.807, 2.05) is 0 Å². The number of hydrogen-bond acceptors (Lipinski definition) is 24. The van der Waals surface area contributed by atoms with E-state index in [4.69, 9.17) is 105 Å². The van der Waals surface area contributed by atoms with Crippen molar-refractivity contribution in [2.45, 2.75) is 0 Å². The van der Waals surface area contributed by atoms with Crippen LogP contribution in [0.2, 0.25) is 0 Å². The molecule has 24 nitrogen and oxygen atoms in total. The monoisotopic (exact) mass is 792 g/mol. The van der Waals surface area contributed by atoms with Crippen molar-refractivity contribution in [3.63, 3.8) is 0 Å². The Labute approximate surface area is 256 Å². The number of rotatable bonds is 0. The maximum Gasteiger partial charge on any atom is 3.00 e. The minimum atomic E-state index is -5.17. The summed E-state index contributed by atoms with van der Waals surface area (Å²) in [6.45, 7) is 0. The van der Waals surface area contributed by atoms with Gasteiger partial charge < -0.3 is 54.6 Å². The third-order valence-electron chi connectivity index (χ3n) is 0. The van der Waals surface area contributed by atoms with Gasteiger partial charge in [-0.2, -0.15) is 0 Å². The molecule has 0 aliphatic carbocycles. The van der Waals surface area contributed by atoms with E-state index in [0.717, 1.165) is 0 Å². The topological polar surface area (TPSA) is 482 Å². The molecule has 0 N–H and O–H groups in total. The molecule has 0 unspecified atom stereocenters. The minimum Gasteiger partial charge on any atom is -0.759 e. The van der Waals surface area contributed by atoms with Crippen LogP contribution in [0.3, 0.4) is 0 Å². The average Bonchev–Trinajstić information content (AvgIpc) is 1.94. The molecule has 0 bridgehead atoms. The zero-order chi connectivity index (χ0) is 27.0. The van der Waals surface area contributed by atoms with Crippen LogP contribution in [-0.4, -0.2) is 146 Å². The first-order valence-electron chi connectivity index (χ1n) is 4.00. The molecular weight excluding hydrogens is 794 g/mol. The van der Waals surface area contributed by atoms with Gasteiger partial charge in [-0.3, -0.25) is 50.5 Å². The van der Waals surface area contributed by atoms with Crippen molar-refractivity contribution in [2.75, 3.05) is 0 Å². The van der Waals surface area contributed by atoms with Crippen LogP contribution in [0.4, 0.5) is 0 Å². The van der Waals surface area contributed by atoms with E-state index >= 15 is 0 Å². The van der Waals surface area contributed by atoms with E-state index < -0.39 is 62.4 Å². The molecule has 35 heteroatoms. The molecule has 0 fully saturated rings. The third-order valence-corrected chi connectivity index (χ3v) is 0. The van der Waals surface area contributed by atoms with Crippen LogP contribution in [-0.2, 0) is 113 Å². The molecule has 0 aromatic heterocycles. The molecule has 0 aromatic rings. The van der Waals surface area contributed by atoms with Gasteiger partial charge in [0.2, 0.25) is 0 Å². The van der Waals surface area contributed by atoms with Crippen LogP contribution in [0.5, 0.6) is 0 Å². The molecule has 0 aromatic carbocycles. The van der Waals surface area contributed by atoms with E-state index in [9.17, 15) is 0 Å². The summed E-state index contributed by atoms with van der Waals surface area (Å²) in [7, 11) is -31.0. The van der Waals surface area contributed by atoms with Crippen molar-refractivity contribution in [2.24, 2.45) is 0 Å². The molecule has 35 heavy (non-hydrogen) atoms. The van der Waals surface area contributed by atoms with Gasteiger partial charge in [-0.1, -0.05) is 0 Å². The molecule has 0 saturated heterocycles. The molecule has 0 spiro atoms. The SMILES string of the molecule is O=S(=O)([O-])[O-].O=S(=O)([O-])[O-].O=S(=O)([O-])[O-].O=S(=O)([O-])[O-].O=S(=O)([O-])[O-].O=S(=O)([O-])[O-].[Al+3].[Cr+3].[Fe+2].[Mg+2].[Ni+2]. The van der Waals surface area contributed by atoms with Crippen molar-refractivity contribution in [3.8, 4) is 0 Å².